The average Bonchev–Trinajstić information content (AvgIpc) is 3.20. The summed E-state index contributed by atoms with van der Waals surface area (Å²) in [4.78, 5) is 27.1. The van der Waals surface area contributed by atoms with Gasteiger partial charge in [0.25, 0.3) is 11.5 Å². The summed E-state index contributed by atoms with van der Waals surface area (Å²) in [5.41, 5.74) is 4.45. The monoisotopic (exact) mass is 334 g/mol. The number of nitrogens with one attached hydrogen (secondary N) is 2. The van der Waals surface area contributed by atoms with Crippen LogP contribution in [0.25, 0.3) is 5.69 Å². The first-order valence-corrected chi connectivity index (χ1v) is 8.31. The molecule has 0 spiro atoms. The number of para-hydroxylation sites is 1. The lowest BCUT2D eigenvalue weighted by Crippen LogP contribution is -2.20. The molecule has 2 heterocycles. The number of benzene rings is 1. The van der Waals surface area contributed by atoms with Crippen molar-refractivity contribution < 1.29 is 4.79 Å². The summed E-state index contributed by atoms with van der Waals surface area (Å²) in [6.07, 6.45) is 4.26. The van der Waals surface area contributed by atoms with Crippen molar-refractivity contribution in [1.82, 2.24) is 14.8 Å². The van der Waals surface area contributed by atoms with E-state index in [9.17, 15) is 9.59 Å². The number of carbonyl (C=O) groups is 1. The number of rotatable bonds is 3. The van der Waals surface area contributed by atoms with Gasteiger partial charge in [0.05, 0.1) is 5.69 Å². The molecule has 1 aliphatic rings. The molecule has 1 aliphatic carbocycles. The molecule has 0 radical (unpaired) electrons. The van der Waals surface area contributed by atoms with Crippen molar-refractivity contribution in [1.29, 1.82) is 0 Å². The van der Waals surface area contributed by atoms with Crippen LogP contribution in [-0.2, 0) is 12.8 Å². The van der Waals surface area contributed by atoms with Crippen LogP contribution in [0.1, 0.15) is 33.7 Å². The van der Waals surface area contributed by atoms with Crippen LogP contribution in [0.15, 0.2) is 47.4 Å². The van der Waals surface area contributed by atoms with Gasteiger partial charge in [0.2, 0.25) is 0 Å². The van der Waals surface area contributed by atoms with Crippen LogP contribution in [0.3, 0.4) is 0 Å². The number of anilines is 1. The Morgan fingerprint density at radius 3 is 2.84 bits per heavy atom. The second-order valence-corrected chi connectivity index (χ2v) is 6.19. The van der Waals surface area contributed by atoms with E-state index in [1.807, 2.05) is 35.9 Å². The molecular formula is C19H18N4O2. The van der Waals surface area contributed by atoms with Gasteiger partial charge in [-0.05, 0) is 49.9 Å². The number of nitrogens with zero attached hydrogens (tertiary/aromatic N) is 2. The summed E-state index contributed by atoms with van der Waals surface area (Å²) in [6.45, 7) is 2.03. The number of carbonyl (C=O) groups excluding carboxylic acids is 1. The van der Waals surface area contributed by atoms with E-state index < -0.39 is 0 Å². The highest BCUT2D eigenvalue weighted by atomic mass is 16.2. The Labute approximate surface area is 144 Å². The lowest BCUT2D eigenvalue weighted by atomic mass is 10.1. The maximum Gasteiger partial charge on any atom is 0.276 e. The molecule has 0 saturated heterocycles. The predicted molar refractivity (Wildman–Crippen MR) is 95.3 cm³/mol. The van der Waals surface area contributed by atoms with Gasteiger partial charge in [-0.15, -0.1) is 0 Å². The molecule has 6 heteroatoms. The summed E-state index contributed by atoms with van der Waals surface area (Å²) in [6, 6.07) is 11.2. The van der Waals surface area contributed by atoms with E-state index in [4.69, 9.17) is 0 Å². The van der Waals surface area contributed by atoms with Crippen molar-refractivity contribution in [2.45, 2.75) is 26.2 Å². The van der Waals surface area contributed by atoms with Gasteiger partial charge in [0.1, 0.15) is 5.69 Å². The van der Waals surface area contributed by atoms with Gasteiger partial charge in [0.15, 0.2) is 5.69 Å². The van der Waals surface area contributed by atoms with E-state index in [2.05, 4.69) is 15.4 Å². The molecule has 4 rings (SSSR count). The molecule has 0 saturated carbocycles. The zero-order chi connectivity index (χ0) is 17.4. The first-order chi connectivity index (χ1) is 12.1. The van der Waals surface area contributed by atoms with Gasteiger partial charge in [-0.2, -0.15) is 5.10 Å². The lowest BCUT2D eigenvalue weighted by molar-refractivity contribution is 0.102. The minimum atomic E-state index is -0.345. The smallest absolute Gasteiger partial charge is 0.276 e. The number of amides is 1. The summed E-state index contributed by atoms with van der Waals surface area (Å²) < 4.78 is 1.88. The normalized spacial score (nSPS) is 12.8. The Kier molecular flexibility index (Phi) is 3.72. The van der Waals surface area contributed by atoms with Crippen LogP contribution in [0, 0.1) is 6.92 Å². The highest BCUT2D eigenvalue weighted by Gasteiger charge is 2.27. The third kappa shape index (κ3) is 2.65. The van der Waals surface area contributed by atoms with Crippen LogP contribution < -0.4 is 10.9 Å². The van der Waals surface area contributed by atoms with Crippen molar-refractivity contribution in [3.63, 3.8) is 0 Å². The Balaban J connectivity index is 1.75. The fourth-order valence-electron chi connectivity index (χ4n) is 3.32. The predicted octanol–water partition coefficient (Wildman–Crippen LogP) is 2.61. The zero-order valence-electron chi connectivity index (χ0n) is 13.9. The van der Waals surface area contributed by atoms with Crippen molar-refractivity contribution in [3.8, 4) is 5.69 Å². The first-order valence-electron chi connectivity index (χ1n) is 8.31. The fourth-order valence-corrected chi connectivity index (χ4v) is 3.32. The molecular weight excluding hydrogens is 316 g/mol. The molecule has 25 heavy (non-hydrogen) atoms. The van der Waals surface area contributed by atoms with Crippen molar-refractivity contribution >= 4 is 11.6 Å². The standard InChI is InChI=1S/C19H18N4O2/c1-12-6-2-3-9-15(12)23-16-10-4-7-13(16)17(22-23)19(25)21-14-8-5-11-20-18(14)24/h2-3,5-6,8-9,11H,4,7,10H2,1H3,(H,20,24)(H,21,25). The number of hydrogen-bond donors (Lipinski definition) is 2. The average molecular weight is 334 g/mol. The summed E-state index contributed by atoms with van der Waals surface area (Å²) in [5, 5.41) is 7.26. The first kappa shape index (κ1) is 15.4. The van der Waals surface area contributed by atoms with Crippen LogP contribution in [0.5, 0.6) is 0 Å². The SMILES string of the molecule is Cc1ccccc1-n1nc(C(=O)Nc2ccc[nH]c2=O)c2c1CCC2. The molecule has 0 atom stereocenters. The van der Waals surface area contributed by atoms with Crippen LogP contribution in [0.2, 0.25) is 0 Å². The maximum atomic E-state index is 12.7. The number of fused-ring (bicyclic) bond motifs is 1. The van der Waals surface area contributed by atoms with Crippen molar-refractivity contribution in [2.75, 3.05) is 5.32 Å². The Morgan fingerprint density at radius 1 is 1.20 bits per heavy atom. The van der Waals surface area contributed by atoms with E-state index >= 15 is 0 Å². The second kappa shape index (κ2) is 6.05. The summed E-state index contributed by atoms with van der Waals surface area (Å²) in [7, 11) is 0. The van der Waals surface area contributed by atoms with Gasteiger partial charge < -0.3 is 10.3 Å². The molecule has 2 aromatic heterocycles. The van der Waals surface area contributed by atoms with Gasteiger partial charge in [-0.1, -0.05) is 18.2 Å². The number of aromatic nitrogens is 3. The fraction of sp³-hybridized carbons (Fsp3) is 0.211. The Hall–Kier alpha value is -3.15. The molecule has 0 unspecified atom stereocenters. The molecule has 126 valence electrons. The highest BCUT2D eigenvalue weighted by molar-refractivity contribution is 6.04. The van der Waals surface area contributed by atoms with Crippen molar-refractivity contribution in [2.24, 2.45) is 0 Å². The van der Waals surface area contributed by atoms with E-state index in [1.54, 1.807) is 12.1 Å². The number of aryl methyl sites for hydroxylation is 1. The zero-order valence-corrected chi connectivity index (χ0v) is 13.9. The molecule has 1 aromatic carbocycles. The van der Waals surface area contributed by atoms with Gasteiger partial charge >= 0.3 is 0 Å². The maximum absolute atomic E-state index is 12.7. The van der Waals surface area contributed by atoms with Crippen LogP contribution in [-0.4, -0.2) is 20.7 Å². The van der Waals surface area contributed by atoms with E-state index in [-0.39, 0.29) is 17.2 Å². The second-order valence-electron chi connectivity index (χ2n) is 6.19. The van der Waals surface area contributed by atoms with E-state index in [0.717, 1.165) is 41.8 Å². The van der Waals surface area contributed by atoms with Crippen LogP contribution >= 0.6 is 0 Å². The molecule has 0 fully saturated rings. The minimum Gasteiger partial charge on any atom is -0.327 e. The van der Waals surface area contributed by atoms with Gasteiger partial charge in [-0.25, -0.2) is 4.68 Å². The van der Waals surface area contributed by atoms with Gasteiger partial charge in [0, 0.05) is 17.5 Å². The number of aromatic amines is 1. The Morgan fingerprint density at radius 2 is 2.04 bits per heavy atom. The highest BCUT2D eigenvalue weighted by Crippen LogP contribution is 2.29. The summed E-state index contributed by atoms with van der Waals surface area (Å²) >= 11 is 0. The third-order valence-corrected chi connectivity index (χ3v) is 4.56. The lowest BCUT2D eigenvalue weighted by Gasteiger charge is -2.08. The Bertz CT molecular complexity index is 1020. The number of pyridine rings is 1. The van der Waals surface area contributed by atoms with Crippen molar-refractivity contribution in [3.05, 3.63) is 75.5 Å². The molecule has 0 aliphatic heterocycles. The topological polar surface area (TPSA) is 79.8 Å². The quantitative estimate of drug-likeness (QED) is 0.773. The molecule has 2 N–H and O–H groups in total. The molecule has 3 aromatic rings. The number of H-pyrrole nitrogens is 1. The third-order valence-electron chi connectivity index (χ3n) is 4.56. The molecule has 0 bridgehead atoms. The minimum absolute atomic E-state index is 0.227. The molecule has 6 nitrogen and oxygen atoms in total. The summed E-state index contributed by atoms with van der Waals surface area (Å²) in [5.74, 6) is -0.345. The van der Waals surface area contributed by atoms with E-state index in [1.165, 1.54) is 6.20 Å². The van der Waals surface area contributed by atoms with E-state index in [0.29, 0.717) is 5.69 Å². The van der Waals surface area contributed by atoms with Gasteiger partial charge in [-0.3, -0.25) is 9.59 Å². The number of hydrogen-bond acceptors (Lipinski definition) is 3. The molecule has 1 amide bonds. The van der Waals surface area contributed by atoms with Crippen LogP contribution in [0.4, 0.5) is 5.69 Å². The largest absolute Gasteiger partial charge is 0.327 e.